The molecule has 0 radical (unpaired) electrons. The van der Waals surface area contributed by atoms with Gasteiger partial charge in [0.15, 0.2) is 5.82 Å². The third kappa shape index (κ3) is 4.43. The van der Waals surface area contributed by atoms with Crippen LogP contribution in [0.25, 0.3) is 0 Å². The van der Waals surface area contributed by atoms with Gasteiger partial charge in [0, 0.05) is 11.7 Å². The Kier molecular flexibility index (Phi) is 5.59. The van der Waals surface area contributed by atoms with Crippen molar-refractivity contribution in [2.45, 2.75) is 38.5 Å². The van der Waals surface area contributed by atoms with Gasteiger partial charge in [0.25, 0.3) is 0 Å². The fourth-order valence-electron chi connectivity index (χ4n) is 2.59. The molecule has 6 nitrogen and oxygen atoms in total. The number of amides is 1. The molecular formula is C17H19ClFN3O3. The highest BCUT2D eigenvalue weighted by atomic mass is 35.5. The lowest BCUT2D eigenvalue weighted by Gasteiger charge is -2.40. The molecule has 1 aromatic carbocycles. The van der Waals surface area contributed by atoms with Crippen molar-refractivity contribution < 1.29 is 19.4 Å². The van der Waals surface area contributed by atoms with Gasteiger partial charge < -0.3 is 10.2 Å². The van der Waals surface area contributed by atoms with Gasteiger partial charge in [-0.1, -0.05) is 23.7 Å². The van der Waals surface area contributed by atoms with Gasteiger partial charge >= 0.3 is 6.09 Å². The molecule has 2 aromatic rings. The standard InChI is InChI=1S/C17H19ClFN3O3/c1-17(2,3)22(16(24)25)13(15-20-8-7-12(18)21-15)14(23)10-5-4-6-11(19)9-10/h4-9,13-14,23H,1-3H3,(H,24,25)/t13-,14+/m1/s1. The molecule has 0 aliphatic heterocycles. The molecule has 1 aromatic heterocycles. The van der Waals surface area contributed by atoms with Crippen molar-refractivity contribution in [2.75, 3.05) is 0 Å². The maximum atomic E-state index is 13.6. The fourth-order valence-corrected chi connectivity index (χ4v) is 2.73. The highest BCUT2D eigenvalue weighted by Gasteiger charge is 2.40. The van der Waals surface area contributed by atoms with Crippen LogP contribution in [0, 0.1) is 5.82 Å². The molecule has 134 valence electrons. The van der Waals surface area contributed by atoms with Crippen molar-refractivity contribution in [3.8, 4) is 0 Å². The zero-order chi connectivity index (χ0) is 18.8. The van der Waals surface area contributed by atoms with E-state index in [0.29, 0.717) is 0 Å². The van der Waals surface area contributed by atoms with Crippen molar-refractivity contribution >= 4 is 17.7 Å². The van der Waals surface area contributed by atoms with E-state index >= 15 is 0 Å². The Hall–Kier alpha value is -2.25. The van der Waals surface area contributed by atoms with E-state index < -0.39 is 29.6 Å². The summed E-state index contributed by atoms with van der Waals surface area (Å²) in [5.74, 6) is -0.512. The molecule has 0 unspecified atom stereocenters. The monoisotopic (exact) mass is 367 g/mol. The second-order valence-electron chi connectivity index (χ2n) is 6.51. The summed E-state index contributed by atoms with van der Waals surface area (Å²) in [6.07, 6.45) is -1.28. The average Bonchev–Trinajstić information content (AvgIpc) is 2.50. The number of benzene rings is 1. The first-order valence-corrected chi connectivity index (χ1v) is 7.93. The number of aromatic nitrogens is 2. The summed E-state index contributed by atoms with van der Waals surface area (Å²) in [4.78, 5) is 21.1. The van der Waals surface area contributed by atoms with Crippen molar-refractivity contribution in [1.29, 1.82) is 0 Å². The maximum Gasteiger partial charge on any atom is 0.408 e. The van der Waals surface area contributed by atoms with E-state index in [2.05, 4.69) is 9.97 Å². The number of carbonyl (C=O) groups is 1. The SMILES string of the molecule is CC(C)(C)N(C(=O)O)[C@@H](c1nccc(Cl)n1)[C@@H](O)c1cccc(F)c1. The summed E-state index contributed by atoms with van der Waals surface area (Å²) in [6.45, 7) is 5.03. The number of aliphatic hydroxyl groups is 1. The minimum atomic E-state index is -1.38. The minimum Gasteiger partial charge on any atom is -0.465 e. The van der Waals surface area contributed by atoms with Crippen LogP contribution >= 0.6 is 11.6 Å². The molecule has 1 amide bonds. The van der Waals surface area contributed by atoms with Gasteiger partial charge in [-0.15, -0.1) is 0 Å². The molecule has 0 saturated carbocycles. The largest absolute Gasteiger partial charge is 0.465 e. The van der Waals surface area contributed by atoms with E-state index in [9.17, 15) is 19.4 Å². The zero-order valence-corrected chi connectivity index (χ0v) is 14.8. The second kappa shape index (κ2) is 7.33. The van der Waals surface area contributed by atoms with E-state index in [4.69, 9.17) is 11.6 Å². The lowest BCUT2D eigenvalue weighted by Crippen LogP contribution is -2.49. The normalized spacial score (nSPS) is 14.0. The third-order valence-corrected chi connectivity index (χ3v) is 3.81. The quantitative estimate of drug-likeness (QED) is 0.802. The number of hydrogen-bond acceptors (Lipinski definition) is 4. The first kappa shape index (κ1) is 19.1. The van der Waals surface area contributed by atoms with Gasteiger partial charge in [-0.25, -0.2) is 19.2 Å². The Morgan fingerprint density at radius 3 is 2.52 bits per heavy atom. The number of carboxylic acid groups (broad SMARTS) is 1. The molecule has 0 spiro atoms. The van der Waals surface area contributed by atoms with Crippen LogP contribution in [0.3, 0.4) is 0 Å². The van der Waals surface area contributed by atoms with E-state index in [1.807, 2.05) is 0 Å². The van der Waals surface area contributed by atoms with E-state index in [1.165, 1.54) is 30.5 Å². The van der Waals surface area contributed by atoms with Crippen LogP contribution in [-0.4, -0.2) is 36.7 Å². The molecule has 2 rings (SSSR count). The van der Waals surface area contributed by atoms with Gasteiger partial charge in [-0.2, -0.15) is 0 Å². The minimum absolute atomic E-state index is 0.0292. The molecule has 2 N–H and O–H groups in total. The summed E-state index contributed by atoms with van der Waals surface area (Å²) < 4.78 is 13.6. The Bertz CT molecular complexity index is 767. The number of halogens is 2. The van der Waals surface area contributed by atoms with Crippen molar-refractivity contribution in [3.63, 3.8) is 0 Å². The summed E-state index contributed by atoms with van der Waals surface area (Å²) in [7, 11) is 0. The zero-order valence-electron chi connectivity index (χ0n) is 14.0. The number of nitrogens with zero attached hydrogens (tertiary/aromatic N) is 3. The molecule has 8 heteroatoms. The second-order valence-corrected chi connectivity index (χ2v) is 6.89. The van der Waals surface area contributed by atoms with Crippen molar-refractivity contribution in [1.82, 2.24) is 14.9 Å². The predicted molar refractivity (Wildman–Crippen MR) is 90.8 cm³/mol. The van der Waals surface area contributed by atoms with Gasteiger partial charge in [0.1, 0.15) is 23.1 Å². The highest BCUT2D eigenvalue weighted by Crippen LogP contribution is 2.37. The molecule has 2 atom stereocenters. The average molecular weight is 368 g/mol. The van der Waals surface area contributed by atoms with Gasteiger partial charge in [-0.05, 0) is 44.5 Å². The molecule has 0 aliphatic carbocycles. The van der Waals surface area contributed by atoms with Crippen molar-refractivity contribution in [2.24, 2.45) is 0 Å². The van der Waals surface area contributed by atoms with Crippen molar-refractivity contribution in [3.05, 3.63) is 58.9 Å². The molecule has 0 saturated heterocycles. The summed E-state index contributed by atoms with van der Waals surface area (Å²) in [5, 5.41) is 20.7. The number of hydrogen-bond donors (Lipinski definition) is 2. The third-order valence-electron chi connectivity index (χ3n) is 3.60. The summed E-state index contributed by atoms with van der Waals surface area (Å²) in [6, 6.07) is 5.60. The predicted octanol–water partition coefficient (Wildman–Crippen LogP) is 3.82. The van der Waals surface area contributed by atoms with E-state index in [-0.39, 0.29) is 16.5 Å². The lowest BCUT2D eigenvalue weighted by atomic mass is 9.95. The Morgan fingerprint density at radius 2 is 2.00 bits per heavy atom. The van der Waals surface area contributed by atoms with Crippen LogP contribution in [-0.2, 0) is 0 Å². The Labute approximate surface area is 149 Å². The topological polar surface area (TPSA) is 86.6 Å². The highest BCUT2D eigenvalue weighted by molar-refractivity contribution is 6.29. The van der Waals surface area contributed by atoms with Crippen LogP contribution in [0.1, 0.15) is 44.3 Å². The molecule has 0 aliphatic rings. The van der Waals surface area contributed by atoms with Gasteiger partial charge in [0.2, 0.25) is 0 Å². The number of aliphatic hydroxyl groups excluding tert-OH is 1. The molecular weight excluding hydrogens is 349 g/mol. The van der Waals surface area contributed by atoms with Crippen LogP contribution < -0.4 is 0 Å². The van der Waals surface area contributed by atoms with E-state index in [0.717, 1.165) is 11.0 Å². The molecule has 0 bridgehead atoms. The van der Waals surface area contributed by atoms with Crippen LogP contribution in [0.15, 0.2) is 36.5 Å². The molecule has 25 heavy (non-hydrogen) atoms. The van der Waals surface area contributed by atoms with Crippen LogP contribution in [0.5, 0.6) is 0 Å². The fraction of sp³-hybridized carbons (Fsp3) is 0.353. The van der Waals surface area contributed by atoms with Crippen LogP contribution in [0.4, 0.5) is 9.18 Å². The van der Waals surface area contributed by atoms with Crippen LogP contribution in [0.2, 0.25) is 5.15 Å². The van der Waals surface area contributed by atoms with E-state index in [1.54, 1.807) is 20.8 Å². The van der Waals surface area contributed by atoms with Gasteiger partial charge in [-0.3, -0.25) is 4.90 Å². The Morgan fingerprint density at radius 1 is 1.32 bits per heavy atom. The number of rotatable bonds is 4. The first-order valence-electron chi connectivity index (χ1n) is 7.55. The lowest BCUT2D eigenvalue weighted by molar-refractivity contribution is 0.00124. The smallest absolute Gasteiger partial charge is 0.408 e. The Balaban J connectivity index is 2.61. The molecule has 1 heterocycles. The maximum absolute atomic E-state index is 13.6. The first-order chi connectivity index (χ1) is 11.6. The van der Waals surface area contributed by atoms with Gasteiger partial charge in [0.05, 0.1) is 0 Å². The summed E-state index contributed by atoms with van der Waals surface area (Å²) >= 11 is 5.90. The molecule has 0 fully saturated rings. The summed E-state index contributed by atoms with van der Waals surface area (Å²) in [5.41, 5.74) is -0.666.